The lowest BCUT2D eigenvalue weighted by Gasteiger charge is -1.96. The van der Waals surface area contributed by atoms with Crippen LogP contribution in [0.5, 0.6) is 0 Å². The predicted octanol–water partition coefficient (Wildman–Crippen LogP) is 1.87. The minimum Gasteiger partial charge on any atom is -0.356 e. The molecule has 1 heterocycles. The summed E-state index contributed by atoms with van der Waals surface area (Å²) in [7, 11) is 0. The lowest BCUT2D eigenvalue weighted by molar-refractivity contribution is 0.102. The first-order valence-electron chi connectivity index (χ1n) is 3.85. The number of H-pyrrole nitrogens is 1. The maximum absolute atomic E-state index is 11.3. The number of carbonyl (C=O) groups excluding carboxylic acids is 2. The molecule has 1 N–H and O–H groups in total. The van der Waals surface area contributed by atoms with Gasteiger partial charge in [-0.25, -0.2) is 0 Å². The summed E-state index contributed by atoms with van der Waals surface area (Å²) in [4.78, 5) is 24.7. The fourth-order valence-corrected chi connectivity index (χ4v) is 1.51. The maximum atomic E-state index is 11.3. The van der Waals surface area contributed by atoms with Gasteiger partial charge in [0.1, 0.15) is 0 Å². The molecule has 0 fully saturated rings. The number of halogens is 1. The zero-order chi connectivity index (χ0) is 10.0. The standard InChI is InChI=1S/C9H10ClNO2/c1-5-7(4-12)11-6(2)9(5)8(13)3-10/h4,11H,3H2,1-2H3. The van der Waals surface area contributed by atoms with Gasteiger partial charge in [0.05, 0.1) is 11.6 Å². The first-order chi connectivity index (χ1) is 6.11. The summed E-state index contributed by atoms with van der Waals surface area (Å²) in [6.45, 7) is 3.48. The van der Waals surface area contributed by atoms with E-state index in [9.17, 15) is 9.59 Å². The molecule has 0 amide bonds. The van der Waals surface area contributed by atoms with Crippen molar-refractivity contribution in [2.75, 3.05) is 5.88 Å². The zero-order valence-electron chi connectivity index (χ0n) is 7.48. The van der Waals surface area contributed by atoms with Crippen LogP contribution < -0.4 is 0 Å². The predicted molar refractivity (Wildman–Crippen MR) is 50.7 cm³/mol. The van der Waals surface area contributed by atoms with Crippen LogP contribution in [0.15, 0.2) is 0 Å². The Bertz CT molecular complexity index is 355. The third kappa shape index (κ3) is 1.65. The van der Waals surface area contributed by atoms with Crippen molar-refractivity contribution in [1.82, 2.24) is 4.98 Å². The van der Waals surface area contributed by atoms with Crippen LogP contribution in [-0.4, -0.2) is 22.9 Å². The molecule has 0 spiro atoms. The molecule has 0 aliphatic heterocycles. The fraction of sp³-hybridized carbons (Fsp3) is 0.333. The molecule has 0 bridgehead atoms. The molecule has 0 saturated carbocycles. The minimum atomic E-state index is -0.152. The minimum absolute atomic E-state index is 0.0577. The summed E-state index contributed by atoms with van der Waals surface area (Å²) >= 11 is 5.43. The number of alkyl halides is 1. The number of aldehydes is 1. The van der Waals surface area contributed by atoms with E-state index in [1.165, 1.54) is 0 Å². The van der Waals surface area contributed by atoms with Crippen molar-refractivity contribution in [2.45, 2.75) is 13.8 Å². The van der Waals surface area contributed by atoms with Gasteiger partial charge in [0.2, 0.25) is 0 Å². The van der Waals surface area contributed by atoms with Crippen LogP contribution in [0.25, 0.3) is 0 Å². The monoisotopic (exact) mass is 199 g/mol. The topological polar surface area (TPSA) is 49.9 Å². The number of ketones is 1. The average Bonchev–Trinajstić information content (AvgIpc) is 2.40. The molecule has 0 radical (unpaired) electrons. The van der Waals surface area contributed by atoms with Gasteiger partial charge in [0, 0.05) is 11.3 Å². The van der Waals surface area contributed by atoms with E-state index in [2.05, 4.69) is 4.98 Å². The molecule has 1 aromatic heterocycles. The third-order valence-corrected chi connectivity index (χ3v) is 2.24. The molecule has 4 heteroatoms. The van der Waals surface area contributed by atoms with Crippen LogP contribution in [0.1, 0.15) is 32.1 Å². The van der Waals surface area contributed by atoms with Crippen molar-refractivity contribution in [3.05, 3.63) is 22.5 Å². The van der Waals surface area contributed by atoms with Crippen LogP contribution in [0, 0.1) is 13.8 Å². The van der Waals surface area contributed by atoms with E-state index >= 15 is 0 Å². The van der Waals surface area contributed by atoms with Crippen LogP contribution in [0.4, 0.5) is 0 Å². The highest BCUT2D eigenvalue weighted by Gasteiger charge is 2.16. The number of Topliss-reactive ketones (excluding diaryl/α,β-unsaturated/α-hetero) is 1. The molecule has 70 valence electrons. The number of hydrogen-bond donors (Lipinski definition) is 1. The molecule has 0 unspecified atom stereocenters. The highest BCUT2D eigenvalue weighted by molar-refractivity contribution is 6.30. The molecule has 0 saturated heterocycles. The van der Waals surface area contributed by atoms with Gasteiger partial charge in [-0.05, 0) is 19.4 Å². The summed E-state index contributed by atoms with van der Waals surface area (Å²) in [6.07, 6.45) is 0.702. The molecule has 0 aliphatic rings. The second kappa shape index (κ2) is 3.75. The van der Waals surface area contributed by atoms with E-state index in [-0.39, 0.29) is 11.7 Å². The molecular weight excluding hydrogens is 190 g/mol. The second-order valence-corrected chi connectivity index (χ2v) is 3.11. The van der Waals surface area contributed by atoms with Crippen LogP contribution >= 0.6 is 11.6 Å². The molecular formula is C9H10ClNO2. The van der Waals surface area contributed by atoms with Gasteiger partial charge in [-0.15, -0.1) is 11.6 Å². The Morgan fingerprint density at radius 1 is 1.54 bits per heavy atom. The number of aromatic amines is 1. The van der Waals surface area contributed by atoms with Gasteiger partial charge >= 0.3 is 0 Å². The molecule has 0 aromatic carbocycles. The fourth-order valence-electron chi connectivity index (χ4n) is 1.38. The zero-order valence-corrected chi connectivity index (χ0v) is 8.23. The Kier molecular flexibility index (Phi) is 2.88. The van der Waals surface area contributed by atoms with Crippen molar-refractivity contribution in [2.24, 2.45) is 0 Å². The molecule has 1 aromatic rings. The summed E-state index contributed by atoms with van der Waals surface area (Å²) in [5.41, 5.74) is 2.37. The van der Waals surface area contributed by atoms with E-state index in [0.29, 0.717) is 28.8 Å². The summed E-state index contributed by atoms with van der Waals surface area (Å²) in [5, 5.41) is 0. The molecule has 1 rings (SSSR count). The number of nitrogens with one attached hydrogen (secondary N) is 1. The molecule has 0 aliphatic carbocycles. The SMILES string of the molecule is Cc1[nH]c(C=O)c(C)c1C(=O)CCl. The number of aryl methyl sites for hydroxylation is 1. The van der Waals surface area contributed by atoms with Crippen molar-refractivity contribution in [3.8, 4) is 0 Å². The van der Waals surface area contributed by atoms with E-state index < -0.39 is 0 Å². The van der Waals surface area contributed by atoms with Crippen molar-refractivity contribution in [1.29, 1.82) is 0 Å². The van der Waals surface area contributed by atoms with Gasteiger partial charge in [0.15, 0.2) is 12.1 Å². The number of rotatable bonds is 3. The first-order valence-corrected chi connectivity index (χ1v) is 4.38. The summed E-state index contributed by atoms with van der Waals surface area (Å²) in [5.74, 6) is -0.210. The van der Waals surface area contributed by atoms with E-state index in [1.807, 2.05) is 0 Å². The Morgan fingerprint density at radius 3 is 2.54 bits per heavy atom. The normalized spacial score (nSPS) is 10.1. The highest BCUT2D eigenvalue weighted by Crippen LogP contribution is 2.17. The average molecular weight is 200 g/mol. The van der Waals surface area contributed by atoms with Gasteiger partial charge in [-0.3, -0.25) is 9.59 Å². The summed E-state index contributed by atoms with van der Waals surface area (Å²) in [6, 6.07) is 0. The number of aromatic nitrogens is 1. The van der Waals surface area contributed by atoms with Crippen LogP contribution in [0.2, 0.25) is 0 Å². The smallest absolute Gasteiger partial charge is 0.179 e. The van der Waals surface area contributed by atoms with Gasteiger partial charge in [-0.1, -0.05) is 0 Å². The van der Waals surface area contributed by atoms with Crippen molar-refractivity contribution in [3.63, 3.8) is 0 Å². The second-order valence-electron chi connectivity index (χ2n) is 2.84. The Balaban J connectivity index is 3.28. The van der Waals surface area contributed by atoms with Crippen LogP contribution in [0.3, 0.4) is 0 Å². The van der Waals surface area contributed by atoms with Gasteiger partial charge < -0.3 is 4.98 Å². The lowest BCUT2D eigenvalue weighted by Crippen LogP contribution is -2.02. The number of carbonyl (C=O) groups is 2. The molecule has 13 heavy (non-hydrogen) atoms. The van der Waals surface area contributed by atoms with Gasteiger partial charge in [0.25, 0.3) is 0 Å². The van der Waals surface area contributed by atoms with E-state index in [4.69, 9.17) is 11.6 Å². The highest BCUT2D eigenvalue weighted by atomic mass is 35.5. The van der Waals surface area contributed by atoms with Gasteiger partial charge in [-0.2, -0.15) is 0 Å². The Labute approximate surface area is 81.1 Å². The van der Waals surface area contributed by atoms with E-state index in [1.54, 1.807) is 13.8 Å². The van der Waals surface area contributed by atoms with Crippen molar-refractivity contribution < 1.29 is 9.59 Å². The van der Waals surface area contributed by atoms with Crippen LogP contribution in [-0.2, 0) is 0 Å². The molecule has 3 nitrogen and oxygen atoms in total. The van der Waals surface area contributed by atoms with E-state index in [0.717, 1.165) is 0 Å². The number of hydrogen-bond acceptors (Lipinski definition) is 2. The maximum Gasteiger partial charge on any atom is 0.179 e. The third-order valence-electron chi connectivity index (χ3n) is 1.99. The lowest BCUT2D eigenvalue weighted by atomic mass is 10.1. The summed E-state index contributed by atoms with van der Waals surface area (Å²) < 4.78 is 0. The first kappa shape index (κ1) is 9.99. The Morgan fingerprint density at radius 2 is 2.15 bits per heavy atom. The largest absolute Gasteiger partial charge is 0.356 e. The quantitative estimate of drug-likeness (QED) is 0.459. The Hall–Kier alpha value is -1.09. The van der Waals surface area contributed by atoms with Crippen molar-refractivity contribution >= 4 is 23.7 Å². The molecule has 0 atom stereocenters.